The third kappa shape index (κ3) is 4.72. The lowest BCUT2D eigenvalue weighted by molar-refractivity contribution is 0.311. The number of rotatable bonds is 7. The first-order valence-electron chi connectivity index (χ1n) is 8.06. The van der Waals surface area contributed by atoms with Gasteiger partial charge in [-0.3, -0.25) is 0 Å². The molecular formula is C15H27N5O. The highest BCUT2D eigenvalue weighted by Gasteiger charge is 2.18. The van der Waals surface area contributed by atoms with E-state index < -0.39 is 0 Å². The molecule has 1 heterocycles. The Balaban J connectivity index is 2.08. The van der Waals surface area contributed by atoms with Crippen LogP contribution in [0.4, 0.5) is 11.9 Å². The van der Waals surface area contributed by atoms with Gasteiger partial charge in [-0.1, -0.05) is 19.3 Å². The Labute approximate surface area is 127 Å². The summed E-state index contributed by atoms with van der Waals surface area (Å²) in [6.45, 7) is 6.29. The highest BCUT2D eigenvalue weighted by molar-refractivity contribution is 5.37. The molecule has 1 aromatic heterocycles. The van der Waals surface area contributed by atoms with Crippen molar-refractivity contribution in [1.82, 2.24) is 15.0 Å². The van der Waals surface area contributed by atoms with Gasteiger partial charge in [0.25, 0.3) is 0 Å². The standard InChI is InChI=1S/C15H27N5O/c1-4-16-13-17-14(19-15(18-13)21-5-2)20(3)11-12-9-7-6-8-10-12/h12H,4-11H2,1-3H3,(H,16,17,18,19). The summed E-state index contributed by atoms with van der Waals surface area (Å²) >= 11 is 0. The summed E-state index contributed by atoms with van der Waals surface area (Å²) in [6, 6.07) is 0.397. The van der Waals surface area contributed by atoms with Gasteiger partial charge < -0.3 is 15.0 Å². The van der Waals surface area contributed by atoms with E-state index in [1.807, 2.05) is 13.8 Å². The number of hydrogen-bond donors (Lipinski definition) is 1. The summed E-state index contributed by atoms with van der Waals surface area (Å²) in [4.78, 5) is 15.3. The molecular weight excluding hydrogens is 266 g/mol. The van der Waals surface area contributed by atoms with Gasteiger partial charge in [0.2, 0.25) is 11.9 Å². The van der Waals surface area contributed by atoms with Crippen molar-refractivity contribution in [2.75, 3.05) is 37.0 Å². The highest BCUT2D eigenvalue weighted by Crippen LogP contribution is 2.25. The van der Waals surface area contributed by atoms with Crippen LogP contribution in [0.15, 0.2) is 0 Å². The van der Waals surface area contributed by atoms with E-state index in [0.29, 0.717) is 24.5 Å². The third-order valence-corrected chi connectivity index (χ3v) is 3.81. The lowest BCUT2D eigenvalue weighted by Crippen LogP contribution is -2.28. The van der Waals surface area contributed by atoms with Crippen molar-refractivity contribution >= 4 is 11.9 Å². The molecule has 0 bridgehead atoms. The molecule has 0 unspecified atom stereocenters. The largest absolute Gasteiger partial charge is 0.464 e. The van der Waals surface area contributed by atoms with Crippen molar-refractivity contribution in [3.8, 4) is 6.01 Å². The van der Waals surface area contributed by atoms with Crippen LogP contribution in [-0.2, 0) is 0 Å². The van der Waals surface area contributed by atoms with E-state index in [-0.39, 0.29) is 0 Å². The molecule has 1 aliphatic rings. The summed E-state index contributed by atoms with van der Waals surface area (Å²) < 4.78 is 5.44. The van der Waals surface area contributed by atoms with Gasteiger partial charge in [-0.2, -0.15) is 15.0 Å². The highest BCUT2D eigenvalue weighted by atomic mass is 16.5. The van der Waals surface area contributed by atoms with Crippen molar-refractivity contribution in [3.63, 3.8) is 0 Å². The molecule has 0 atom stereocenters. The SMILES string of the molecule is CCNc1nc(OCC)nc(N(C)CC2CCCCC2)n1. The van der Waals surface area contributed by atoms with Crippen LogP contribution in [0.25, 0.3) is 0 Å². The fourth-order valence-corrected chi connectivity index (χ4v) is 2.79. The number of nitrogens with one attached hydrogen (secondary N) is 1. The van der Waals surface area contributed by atoms with Crippen LogP contribution >= 0.6 is 0 Å². The summed E-state index contributed by atoms with van der Waals surface area (Å²) in [5.41, 5.74) is 0. The molecule has 118 valence electrons. The Morgan fingerprint density at radius 3 is 2.57 bits per heavy atom. The topological polar surface area (TPSA) is 63.2 Å². The molecule has 0 saturated heterocycles. The quantitative estimate of drug-likeness (QED) is 0.834. The van der Waals surface area contributed by atoms with Crippen molar-refractivity contribution in [3.05, 3.63) is 0 Å². The molecule has 21 heavy (non-hydrogen) atoms. The minimum absolute atomic E-state index is 0.397. The normalized spacial score (nSPS) is 15.8. The van der Waals surface area contributed by atoms with Crippen LogP contribution in [0, 0.1) is 5.92 Å². The Morgan fingerprint density at radius 1 is 1.14 bits per heavy atom. The Hall–Kier alpha value is -1.59. The maximum absolute atomic E-state index is 5.44. The molecule has 1 aliphatic carbocycles. The van der Waals surface area contributed by atoms with Crippen molar-refractivity contribution in [1.29, 1.82) is 0 Å². The Kier molecular flexibility index (Phi) is 6.02. The number of ether oxygens (including phenoxy) is 1. The van der Waals surface area contributed by atoms with E-state index in [4.69, 9.17) is 4.74 Å². The number of nitrogens with zero attached hydrogens (tertiary/aromatic N) is 4. The van der Waals surface area contributed by atoms with Crippen LogP contribution in [0.3, 0.4) is 0 Å². The first-order valence-corrected chi connectivity index (χ1v) is 8.06. The van der Waals surface area contributed by atoms with E-state index in [1.165, 1.54) is 32.1 Å². The summed E-state index contributed by atoms with van der Waals surface area (Å²) in [5.74, 6) is 2.02. The minimum Gasteiger partial charge on any atom is -0.464 e. The van der Waals surface area contributed by atoms with Gasteiger partial charge >= 0.3 is 6.01 Å². The van der Waals surface area contributed by atoms with E-state index >= 15 is 0 Å². The second-order valence-electron chi connectivity index (χ2n) is 5.59. The fraction of sp³-hybridized carbons (Fsp3) is 0.800. The predicted molar refractivity (Wildman–Crippen MR) is 85.0 cm³/mol. The zero-order valence-corrected chi connectivity index (χ0v) is 13.4. The molecule has 0 amide bonds. The monoisotopic (exact) mass is 293 g/mol. The average molecular weight is 293 g/mol. The molecule has 1 fully saturated rings. The fourth-order valence-electron chi connectivity index (χ4n) is 2.79. The van der Waals surface area contributed by atoms with Crippen LogP contribution in [-0.4, -0.2) is 41.7 Å². The maximum Gasteiger partial charge on any atom is 0.323 e. The van der Waals surface area contributed by atoms with E-state index in [1.54, 1.807) is 0 Å². The number of anilines is 2. The molecule has 0 spiro atoms. The molecule has 6 nitrogen and oxygen atoms in total. The Morgan fingerprint density at radius 2 is 1.90 bits per heavy atom. The van der Waals surface area contributed by atoms with Gasteiger partial charge in [0, 0.05) is 20.1 Å². The summed E-state index contributed by atoms with van der Waals surface area (Å²) in [6.07, 6.45) is 6.71. The zero-order valence-electron chi connectivity index (χ0n) is 13.4. The molecule has 1 saturated carbocycles. The Bertz CT molecular complexity index is 410. The molecule has 6 heteroatoms. The van der Waals surface area contributed by atoms with E-state index in [0.717, 1.165) is 19.0 Å². The van der Waals surface area contributed by atoms with Gasteiger partial charge in [0.05, 0.1) is 6.61 Å². The van der Waals surface area contributed by atoms with Gasteiger partial charge in [-0.05, 0) is 32.6 Å². The second kappa shape index (κ2) is 8.00. The van der Waals surface area contributed by atoms with Crippen LogP contribution in [0.2, 0.25) is 0 Å². The van der Waals surface area contributed by atoms with E-state index in [2.05, 4.69) is 32.2 Å². The lowest BCUT2D eigenvalue weighted by atomic mass is 9.89. The van der Waals surface area contributed by atoms with Gasteiger partial charge in [0.15, 0.2) is 0 Å². The zero-order chi connectivity index (χ0) is 15.1. The van der Waals surface area contributed by atoms with Gasteiger partial charge in [0.1, 0.15) is 0 Å². The molecule has 2 rings (SSSR count). The van der Waals surface area contributed by atoms with Gasteiger partial charge in [-0.25, -0.2) is 0 Å². The number of aromatic nitrogens is 3. The van der Waals surface area contributed by atoms with E-state index in [9.17, 15) is 0 Å². The second-order valence-corrected chi connectivity index (χ2v) is 5.59. The summed E-state index contributed by atoms with van der Waals surface area (Å²) in [7, 11) is 2.05. The minimum atomic E-state index is 0.397. The molecule has 0 radical (unpaired) electrons. The molecule has 0 aromatic carbocycles. The smallest absolute Gasteiger partial charge is 0.323 e. The van der Waals surface area contributed by atoms with Crippen molar-refractivity contribution in [2.24, 2.45) is 5.92 Å². The van der Waals surface area contributed by atoms with Crippen LogP contribution in [0.5, 0.6) is 6.01 Å². The van der Waals surface area contributed by atoms with Crippen molar-refractivity contribution < 1.29 is 4.74 Å². The van der Waals surface area contributed by atoms with Crippen LogP contribution < -0.4 is 15.0 Å². The molecule has 0 aliphatic heterocycles. The third-order valence-electron chi connectivity index (χ3n) is 3.81. The predicted octanol–water partition coefficient (Wildman–Crippen LogP) is 2.72. The molecule has 1 aromatic rings. The first kappa shape index (κ1) is 15.8. The lowest BCUT2D eigenvalue weighted by Gasteiger charge is -2.27. The van der Waals surface area contributed by atoms with Crippen molar-refractivity contribution in [2.45, 2.75) is 46.0 Å². The molecule has 1 N–H and O–H groups in total. The average Bonchev–Trinajstić information content (AvgIpc) is 2.49. The van der Waals surface area contributed by atoms with Gasteiger partial charge in [-0.15, -0.1) is 0 Å². The van der Waals surface area contributed by atoms with Crippen LogP contribution in [0.1, 0.15) is 46.0 Å². The number of hydrogen-bond acceptors (Lipinski definition) is 6. The maximum atomic E-state index is 5.44. The summed E-state index contributed by atoms with van der Waals surface area (Å²) in [5, 5.41) is 3.14. The first-order chi connectivity index (χ1) is 10.2.